The largest absolute Gasteiger partial charge is 0.354 e. The van der Waals surface area contributed by atoms with E-state index in [1.165, 1.54) is 17.0 Å². The zero-order chi connectivity index (χ0) is 29.4. The lowest BCUT2D eigenvalue weighted by Gasteiger charge is -2.33. The molecule has 3 aromatic rings. The third kappa shape index (κ3) is 8.22. The van der Waals surface area contributed by atoms with Crippen LogP contribution in [0.1, 0.15) is 32.8 Å². The van der Waals surface area contributed by atoms with Crippen LogP contribution in [0.15, 0.2) is 82.2 Å². The standard InChI is InChI=1S/C29H32BrCl2N3O4S/c1-4-27(29(37)33-17-20(2)3)34(18-21-10-15-25(31)26(32)16-21)28(36)19-35(23-13-11-22(30)12-14-23)40(38,39)24-8-6-5-7-9-24/h5-16,20,27H,4,17-19H2,1-3H3,(H,33,37)/t27-/m0/s1. The molecule has 0 aliphatic carbocycles. The van der Waals surface area contributed by atoms with E-state index >= 15 is 0 Å². The van der Waals surface area contributed by atoms with E-state index in [2.05, 4.69) is 21.2 Å². The minimum atomic E-state index is -4.12. The topological polar surface area (TPSA) is 86.8 Å². The molecule has 214 valence electrons. The van der Waals surface area contributed by atoms with E-state index in [1.54, 1.807) is 60.7 Å². The van der Waals surface area contributed by atoms with Gasteiger partial charge in [0.05, 0.1) is 20.6 Å². The molecule has 0 saturated heterocycles. The number of anilines is 1. The van der Waals surface area contributed by atoms with Crippen molar-refractivity contribution in [2.75, 3.05) is 17.4 Å². The number of carbonyl (C=O) groups excluding carboxylic acids is 2. The predicted molar refractivity (Wildman–Crippen MR) is 164 cm³/mol. The number of benzene rings is 3. The minimum Gasteiger partial charge on any atom is -0.354 e. The summed E-state index contributed by atoms with van der Waals surface area (Å²) in [4.78, 5) is 28.8. The molecule has 0 aliphatic heterocycles. The average molecular weight is 669 g/mol. The van der Waals surface area contributed by atoms with E-state index in [9.17, 15) is 18.0 Å². The number of halogens is 3. The fourth-order valence-electron chi connectivity index (χ4n) is 4.03. The molecule has 40 heavy (non-hydrogen) atoms. The molecule has 0 heterocycles. The van der Waals surface area contributed by atoms with E-state index in [1.807, 2.05) is 20.8 Å². The van der Waals surface area contributed by atoms with Gasteiger partial charge in [0.25, 0.3) is 10.0 Å². The molecule has 3 aromatic carbocycles. The third-order valence-corrected chi connectivity index (χ3v) is 9.19. The van der Waals surface area contributed by atoms with Gasteiger partial charge in [-0.3, -0.25) is 13.9 Å². The fourth-order valence-corrected chi connectivity index (χ4v) is 6.05. The van der Waals surface area contributed by atoms with Gasteiger partial charge < -0.3 is 10.2 Å². The molecular weight excluding hydrogens is 637 g/mol. The summed E-state index contributed by atoms with van der Waals surface area (Å²) >= 11 is 15.7. The van der Waals surface area contributed by atoms with Crippen LogP contribution in [0.2, 0.25) is 10.0 Å². The molecule has 0 saturated carbocycles. The molecular formula is C29H32BrCl2N3O4S. The van der Waals surface area contributed by atoms with Gasteiger partial charge in [0.2, 0.25) is 11.8 Å². The van der Waals surface area contributed by atoms with Gasteiger partial charge in [0, 0.05) is 17.6 Å². The second-order valence-electron chi connectivity index (χ2n) is 9.63. The molecule has 0 unspecified atom stereocenters. The summed E-state index contributed by atoms with van der Waals surface area (Å²) in [7, 11) is -4.12. The van der Waals surface area contributed by atoms with Crippen molar-refractivity contribution in [3.8, 4) is 0 Å². The molecule has 0 fully saturated rings. The number of nitrogens with one attached hydrogen (secondary N) is 1. The number of carbonyl (C=O) groups is 2. The lowest BCUT2D eigenvalue weighted by atomic mass is 10.1. The highest BCUT2D eigenvalue weighted by atomic mass is 79.9. The zero-order valence-electron chi connectivity index (χ0n) is 22.5. The van der Waals surface area contributed by atoms with Gasteiger partial charge in [0.15, 0.2) is 0 Å². The van der Waals surface area contributed by atoms with Gasteiger partial charge in [-0.2, -0.15) is 0 Å². The average Bonchev–Trinajstić information content (AvgIpc) is 2.93. The lowest BCUT2D eigenvalue weighted by molar-refractivity contribution is -0.140. The molecule has 0 aliphatic rings. The van der Waals surface area contributed by atoms with Crippen molar-refractivity contribution in [2.24, 2.45) is 5.92 Å². The van der Waals surface area contributed by atoms with Gasteiger partial charge in [-0.1, -0.05) is 84.2 Å². The summed E-state index contributed by atoms with van der Waals surface area (Å²) in [6, 6.07) is 18.7. The quantitative estimate of drug-likeness (QED) is 0.238. The number of nitrogens with zero attached hydrogens (tertiary/aromatic N) is 2. The molecule has 0 spiro atoms. The maximum absolute atomic E-state index is 14.0. The molecule has 0 aromatic heterocycles. The molecule has 0 radical (unpaired) electrons. The van der Waals surface area contributed by atoms with Gasteiger partial charge in [-0.25, -0.2) is 8.42 Å². The first kappa shape index (κ1) is 31.9. The highest BCUT2D eigenvalue weighted by Gasteiger charge is 2.33. The van der Waals surface area contributed by atoms with Crippen molar-refractivity contribution in [3.63, 3.8) is 0 Å². The summed E-state index contributed by atoms with van der Waals surface area (Å²) in [5, 5.41) is 3.58. The summed E-state index contributed by atoms with van der Waals surface area (Å²) in [6.07, 6.45) is 0.320. The number of sulfonamides is 1. The molecule has 1 N–H and O–H groups in total. The highest BCUT2D eigenvalue weighted by Crippen LogP contribution is 2.27. The minimum absolute atomic E-state index is 0.0306. The fraction of sp³-hybridized carbons (Fsp3) is 0.310. The van der Waals surface area contributed by atoms with Crippen molar-refractivity contribution in [3.05, 3.63) is 92.9 Å². The Morgan fingerprint density at radius 2 is 1.60 bits per heavy atom. The van der Waals surface area contributed by atoms with Crippen LogP contribution in [0, 0.1) is 5.92 Å². The van der Waals surface area contributed by atoms with Gasteiger partial charge >= 0.3 is 0 Å². The van der Waals surface area contributed by atoms with E-state index < -0.39 is 28.5 Å². The summed E-state index contributed by atoms with van der Waals surface area (Å²) in [5.41, 5.74) is 0.964. The Morgan fingerprint density at radius 1 is 0.950 bits per heavy atom. The lowest BCUT2D eigenvalue weighted by Crippen LogP contribution is -2.52. The number of rotatable bonds is 12. The van der Waals surface area contributed by atoms with Crippen molar-refractivity contribution in [1.29, 1.82) is 0 Å². The van der Waals surface area contributed by atoms with Crippen LogP contribution in [0.3, 0.4) is 0 Å². The first-order valence-electron chi connectivity index (χ1n) is 12.8. The number of amides is 2. The maximum Gasteiger partial charge on any atom is 0.264 e. The Morgan fingerprint density at radius 3 is 2.17 bits per heavy atom. The van der Waals surface area contributed by atoms with Crippen LogP contribution >= 0.6 is 39.1 Å². The monoisotopic (exact) mass is 667 g/mol. The van der Waals surface area contributed by atoms with Crippen LogP contribution < -0.4 is 9.62 Å². The summed E-state index contributed by atoms with van der Waals surface area (Å²) in [5.74, 6) is -0.643. The molecule has 3 rings (SSSR count). The molecule has 0 bridgehead atoms. The SMILES string of the molecule is CC[C@@H](C(=O)NCC(C)C)N(Cc1ccc(Cl)c(Cl)c1)C(=O)CN(c1ccc(Br)cc1)S(=O)(=O)c1ccccc1. The van der Waals surface area contributed by atoms with E-state index in [4.69, 9.17) is 23.2 Å². The first-order valence-corrected chi connectivity index (χ1v) is 15.8. The van der Waals surface area contributed by atoms with E-state index in [0.717, 1.165) is 8.78 Å². The Balaban J connectivity index is 2.04. The second-order valence-corrected chi connectivity index (χ2v) is 13.2. The van der Waals surface area contributed by atoms with Gasteiger partial charge in [-0.05, 0) is 66.4 Å². The van der Waals surface area contributed by atoms with Crippen molar-refractivity contribution in [1.82, 2.24) is 10.2 Å². The number of hydrogen-bond donors (Lipinski definition) is 1. The normalized spacial score (nSPS) is 12.2. The van der Waals surface area contributed by atoms with Crippen LogP contribution in [-0.2, 0) is 26.2 Å². The smallest absolute Gasteiger partial charge is 0.264 e. The Kier molecular flexibility index (Phi) is 11.5. The Labute approximate surface area is 254 Å². The number of hydrogen-bond acceptors (Lipinski definition) is 4. The molecule has 7 nitrogen and oxygen atoms in total. The van der Waals surface area contributed by atoms with Crippen LogP contribution in [0.4, 0.5) is 5.69 Å². The third-order valence-electron chi connectivity index (χ3n) is 6.13. The van der Waals surface area contributed by atoms with Crippen LogP contribution in [-0.4, -0.2) is 44.3 Å². The van der Waals surface area contributed by atoms with Gasteiger partial charge in [-0.15, -0.1) is 0 Å². The molecule has 11 heteroatoms. The molecule has 2 amide bonds. The zero-order valence-corrected chi connectivity index (χ0v) is 26.4. The van der Waals surface area contributed by atoms with E-state index in [-0.39, 0.29) is 23.3 Å². The van der Waals surface area contributed by atoms with Gasteiger partial charge in [0.1, 0.15) is 12.6 Å². The predicted octanol–water partition coefficient (Wildman–Crippen LogP) is 6.53. The van der Waals surface area contributed by atoms with Crippen molar-refractivity contribution in [2.45, 2.75) is 44.7 Å². The first-order chi connectivity index (χ1) is 18.9. The van der Waals surface area contributed by atoms with E-state index in [0.29, 0.717) is 34.3 Å². The maximum atomic E-state index is 14.0. The van der Waals surface area contributed by atoms with Crippen molar-refractivity contribution >= 4 is 66.7 Å². The van der Waals surface area contributed by atoms with Crippen molar-refractivity contribution < 1.29 is 18.0 Å². The Hall–Kier alpha value is -2.59. The highest BCUT2D eigenvalue weighted by molar-refractivity contribution is 9.10. The summed E-state index contributed by atoms with van der Waals surface area (Å²) in [6.45, 7) is 5.71. The molecule has 1 atom stereocenters. The Bertz CT molecular complexity index is 1420. The van der Waals surface area contributed by atoms with Crippen LogP contribution in [0.5, 0.6) is 0 Å². The summed E-state index contributed by atoms with van der Waals surface area (Å²) < 4.78 is 29.4. The van der Waals surface area contributed by atoms with Crippen LogP contribution in [0.25, 0.3) is 0 Å². The second kappa shape index (κ2) is 14.3.